The summed E-state index contributed by atoms with van der Waals surface area (Å²) in [7, 11) is 1.57. The van der Waals surface area contributed by atoms with Crippen LogP contribution in [-0.4, -0.2) is 26.1 Å². The van der Waals surface area contributed by atoms with E-state index in [-0.39, 0.29) is 0 Å². The number of rotatable bonds is 7. The fourth-order valence-electron chi connectivity index (χ4n) is 1.63. The van der Waals surface area contributed by atoms with Gasteiger partial charge in [-0.3, -0.25) is 0 Å². The monoisotopic (exact) mass is 243 g/mol. The average molecular weight is 243 g/mol. The lowest BCUT2D eigenvalue weighted by atomic mass is 10.1. The van der Waals surface area contributed by atoms with Gasteiger partial charge in [0.05, 0.1) is 13.2 Å². The number of hydrogen-bond donors (Lipinski definition) is 1. The Labute approximate surface area is 101 Å². The molecule has 0 bridgehead atoms. The quantitative estimate of drug-likeness (QED) is 0.795. The Morgan fingerprint density at radius 2 is 2.12 bits per heavy atom. The summed E-state index contributed by atoms with van der Waals surface area (Å²) >= 11 is 0. The summed E-state index contributed by atoms with van der Waals surface area (Å²) < 4.78 is 30.7. The topological polar surface area (TPSA) is 21.3 Å². The van der Waals surface area contributed by atoms with E-state index in [1.807, 2.05) is 19.1 Å². The van der Waals surface area contributed by atoms with E-state index in [9.17, 15) is 8.78 Å². The molecule has 0 radical (unpaired) electrons. The maximum absolute atomic E-state index is 12.8. The predicted octanol–water partition coefficient (Wildman–Crippen LogP) is 2.87. The van der Waals surface area contributed by atoms with Crippen molar-refractivity contribution in [2.24, 2.45) is 0 Å². The highest BCUT2D eigenvalue weighted by atomic mass is 19.3. The summed E-state index contributed by atoms with van der Waals surface area (Å²) in [5.74, 6) is 0.700. The van der Waals surface area contributed by atoms with E-state index < -0.39 is 12.5 Å². The molecule has 2 nitrogen and oxygen atoms in total. The Morgan fingerprint density at radius 1 is 1.35 bits per heavy atom. The van der Waals surface area contributed by atoms with E-state index in [1.165, 1.54) is 0 Å². The molecule has 0 heterocycles. The molecule has 4 heteroatoms. The second-order valence-electron chi connectivity index (χ2n) is 3.95. The third-order valence-electron chi connectivity index (χ3n) is 2.55. The van der Waals surface area contributed by atoms with Crippen molar-refractivity contribution in [1.29, 1.82) is 0 Å². The lowest BCUT2D eigenvalue weighted by molar-refractivity contribution is 0.0983. The molecule has 0 saturated carbocycles. The molecule has 96 valence electrons. The molecule has 0 fully saturated rings. The molecule has 1 N–H and O–H groups in total. The molecule has 0 aromatic heterocycles. The third-order valence-corrected chi connectivity index (χ3v) is 2.55. The second-order valence-corrected chi connectivity index (χ2v) is 3.95. The highest BCUT2D eigenvalue weighted by molar-refractivity contribution is 5.29. The van der Waals surface area contributed by atoms with Gasteiger partial charge in [0, 0.05) is 0 Å². The van der Waals surface area contributed by atoms with Gasteiger partial charge in [0.15, 0.2) is 0 Å². The van der Waals surface area contributed by atoms with Gasteiger partial charge in [0.25, 0.3) is 6.43 Å². The molecule has 0 aliphatic rings. The van der Waals surface area contributed by atoms with Crippen LogP contribution in [0.25, 0.3) is 0 Å². The molecule has 1 aromatic rings. The van der Waals surface area contributed by atoms with Crippen molar-refractivity contribution < 1.29 is 13.5 Å². The molecule has 17 heavy (non-hydrogen) atoms. The van der Waals surface area contributed by atoms with Crippen LogP contribution < -0.4 is 10.1 Å². The van der Waals surface area contributed by atoms with E-state index in [2.05, 4.69) is 5.32 Å². The van der Waals surface area contributed by atoms with Crippen LogP contribution in [0.4, 0.5) is 8.78 Å². The summed E-state index contributed by atoms with van der Waals surface area (Å²) in [6, 6.07) is 6.47. The van der Waals surface area contributed by atoms with Crippen LogP contribution >= 0.6 is 0 Å². The standard InChI is InChI=1S/C13H19F2NO/c1-3-7-16-12(13(14)15)9-10-5-4-6-11(8-10)17-2/h4-6,8,12-13,16H,3,7,9H2,1-2H3. The van der Waals surface area contributed by atoms with Gasteiger partial charge in [0.2, 0.25) is 0 Å². The Balaban J connectivity index is 2.64. The summed E-state index contributed by atoms with van der Waals surface area (Å²) in [4.78, 5) is 0. The first kappa shape index (κ1) is 13.9. The zero-order valence-corrected chi connectivity index (χ0v) is 10.2. The van der Waals surface area contributed by atoms with Crippen molar-refractivity contribution in [2.45, 2.75) is 32.2 Å². The molecular formula is C13H19F2NO. The smallest absolute Gasteiger partial charge is 0.254 e. The van der Waals surface area contributed by atoms with E-state index in [0.29, 0.717) is 18.7 Å². The highest BCUT2D eigenvalue weighted by Crippen LogP contribution is 2.16. The first-order valence-corrected chi connectivity index (χ1v) is 5.81. The van der Waals surface area contributed by atoms with Gasteiger partial charge in [-0.05, 0) is 37.1 Å². The van der Waals surface area contributed by atoms with Gasteiger partial charge in [-0.2, -0.15) is 0 Å². The molecule has 0 spiro atoms. The van der Waals surface area contributed by atoms with Crippen LogP contribution in [0, 0.1) is 0 Å². The SMILES string of the molecule is CCCNC(Cc1cccc(OC)c1)C(F)F. The van der Waals surface area contributed by atoms with Gasteiger partial charge >= 0.3 is 0 Å². The van der Waals surface area contributed by atoms with E-state index in [4.69, 9.17) is 4.74 Å². The molecule has 0 amide bonds. The molecule has 1 aromatic carbocycles. The van der Waals surface area contributed by atoms with Crippen molar-refractivity contribution >= 4 is 0 Å². The van der Waals surface area contributed by atoms with E-state index in [1.54, 1.807) is 19.2 Å². The minimum Gasteiger partial charge on any atom is -0.497 e. The van der Waals surface area contributed by atoms with Gasteiger partial charge in [-0.25, -0.2) is 8.78 Å². The Morgan fingerprint density at radius 3 is 2.71 bits per heavy atom. The molecule has 1 unspecified atom stereocenters. The van der Waals surface area contributed by atoms with Crippen molar-refractivity contribution in [3.8, 4) is 5.75 Å². The van der Waals surface area contributed by atoms with E-state index >= 15 is 0 Å². The van der Waals surface area contributed by atoms with Crippen LogP contribution in [-0.2, 0) is 6.42 Å². The first-order valence-electron chi connectivity index (χ1n) is 5.81. The second kappa shape index (κ2) is 7.22. The maximum atomic E-state index is 12.8. The molecule has 1 rings (SSSR count). The molecule has 0 aliphatic carbocycles. The Kier molecular flexibility index (Phi) is 5.91. The van der Waals surface area contributed by atoms with Crippen LogP contribution in [0.5, 0.6) is 5.75 Å². The number of halogens is 2. The number of methoxy groups -OCH3 is 1. The van der Waals surface area contributed by atoms with Gasteiger partial charge in [-0.15, -0.1) is 0 Å². The van der Waals surface area contributed by atoms with Crippen molar-refractivity contribution in [1.82, 2.24) is 5.32 Å². The zero-order valence-electron chi connectivity index (χ0n) is 10.2. The van der Waals surface area contributed by atoms with Gasteiger partial charge in [-0.1, -0.05) is 19.1 Å². The fourth-order valence-corrected chi connectivity index (χ4v) is 1.63. The Bertz CT molecular complexity index is 331. The van der Waals surface area contributed by atoms with Crippen molar-refractivity contribution in [2.75, 3.05) is 13.7 Å². The largest absolute Gasteiger partial charge is 0.497 e. The minimum absolute atomic E-state index is 0.314. The number of nitrogens with one attached hydrogen (secondary N) is 1. The normalized spacial score (nSPS) is 12.8. The Hall–Kier alpha value is -1.16. The zero-order chi connectivity index (χ0) is 12.7. The third kappa shape index (κ3) is 4.69. The minimum atomic E-state index is -2.35. The molecular weight excluding hydrogens is 224 g/mol. The molecule has 0 aliphatic heterocycles. The summed E-state index contributed by atoms with van der Waals surface area (Å²) in [5, 5.41) is 2.86. The van der Waals surface area contributed by atoms with Crippen LogP contribution in [0.15, 0.2) is 24.3 Å². The van der Waals surface area contributed by atoms with Crippen molar-refractivity contribution in [3.05, 3.63) is 29.8 Å². The number of benzene rings is 1. The lowest BCUT2D eigenvalue weighted by Gasteiger charge is -2.17. The van der Waals surface area contributed by atoms with Crippen LogP contribution in [0.1, 0.15) is 18.9 Å². The van der Waals surface area contributed by atoms with Crippen molar-refractivity contribution in [3.63, 3.8) is 0 Å². The maximum Gasteiger partial charge on any atom is 0.254 e. The summed E-state index contributed by atoms with van der Waals surface area (Å²) in [5.41, 5.74) is 0.859. The van der Waals surface area contributed by atoms with Gasteiger partial charge in [0.1, 0.15) is 5.75 Å². The fraction of sp³-hybridized carbons (Fsp3) is 0.538. The lowest BCUT2D eigenvalue weighted by Crippen LogP contribution is -2.37. The number of ether oxygens (including phenoxy) is 1. The van der Waals surface area contributed by atoms with E-state index in [0.717, 1.165) is 12.0 Å². The number of hydrogen-bond acceptors (Lipinski definition) is 2. The summed E-state index contributed by atoms with van der Waals surface area (Å²) in [6.45, 7) is 2.57. The summed E-state index contributed by atoms with van der Waals surface area (Å²) in [6.07, 6.45) is -1.19. The highest BCUT2D eigenvalue weighted by Gasteiger charge is 2.19. The van der Waals surface area contributed by atoms with Crippen LogP contribution in [0.2, 0.25) is 0 Å². The van der Waals surface area contributed by atoms with Gasteiger partial charge < -0.3 is 10.1 Å². The number of alkyl halides is 2. The molecule has 1 atom stereocenters. The predicted molar refractivity (Wildman–Crippen MR) is 64.8 cm³/mol. The average Bonchev–Trinajstić information content (AvgIpc) is 2.34. The molecule has 0 saturated heterocycles. The van der Waals surface area contributed by atoms with Crippen LogP contribution in [0.3, 0.4) is 0 Å². The first-order chi connectivity index (χ1) is 8.17.